The first-order valence-electron chi connectivity index (χ1n) is 21.7. The Bertz CT molecular complexity index is 3020. The third-order valence-corrected chi connectivity index (χ3v) is 8.61. The Labute approximate surface area is 703 Å². The number of carbonyl (C=O) groups is 7. The molecule has 0 unspecified atom stereocenters. The molecule has 35 heteroatoms. The Hall–Kier alpha value is -2.74. The Kier molecular flexibility index (Phi) is 82.1. The Morgan fingerprint density at radius 3 is 1.33 bits per heavy atom. The number of rotatable bonds is 15. The quantitative estimate of drug-likeness (QED) is 0.00555. The van der Waals surface area contributed by atoms with Gasteiger partial charge in [-0.1, -0.05) is 46.9 Å². The molecule has 0 saturated heterocycles. The summed E-state index contributed by atoms with van der Waals surface area (Å²) in [5.41, 5.74) is 2.48. The number of phenols is 2. The predicted octanol–water partition coefficient (Wildman–Crippen LogP) is -3.40. The maximum Gasteiger partial charge on any atom is 1.00 e. The number of hydrogen-bond donors (Lipinski definition) is 5. The smallest absolute Gasteiger partial charge is 1.00 e. The van der Waals surface area contributed by atoms with Gasteiger partial charge in [0.05, 0.1) is 30.9 Å². The largest absolute Gasteiger partial charge is 1.00 e. The number of methoxy groups -OCH3 is 2. The number of carboxylic acid groups (broad SMARTS) is 3. The van der Waals surface area contributed by atoms with Crippen molar-refractivity contribution in [2.45, 2.75) is 19.0 Å². The van der Waals surface area contributed by atoms with E-state index in [0.717, 1.165) is 23.9 Å². The van der Waals surface area contributed by atoms with Gasteiger partial charge in [-0.2, -0.15) is 13.2 Å². The van der Waals surface area contributed by atoms with Crippen molar-refractivity contribution in [3.05, 3.63) is 161 Å². The molecule has 89 heavy (non-hydrogen) atoms. The monoisotopic (exact) mass is 1530 g/mol. The minimum atomic E-state index is -3.95. The second kappa shape index (κ2) is 69.6. The van der Waals surface area contributed by atoms with Gasteiger partial charge in [0.1, 0.15) is 41.5 Å². The summed E-state index contributed by atoms with van der Waals surface area (Å²) in [4.78, 5) is 76.4. The zero-order valence-electron chi connectivity index (χ0n) is 49.5. The SMILES string of the molecule is COC(=O)c1ccc(O)cc1.COc1ccc(C(=O)Oc2ccc(C=CC(=O)O)cc2)cc1.F.F.FC(F)(F)CCCI.O=C(O)C=Cc1ccc(O)cc1.O=C(O)c1ccc(OCC#CC#CC#CF)cc1.O=CO[O-].O=CO[O-].O=S(Cl)Cl.[H-].[H-].[K+].[K+].[K+].[K+]. The number of aromatic carboxylic acids is 1. The Morgan fingerprint density at radius 1 is 0.618 bits per heavy atom. The number of benzene rings is 5. The van der Waals surface area contributed by atoms with Crippen LogP contribution in [0.1, 0.15) is 57.9 Å². The summed E-state index contributed by atoms with van der Waals surface area (Å²) in [6.07, 6.45) is 1.78. The predicted molar refractivity (Wildman–Crippen MR) is 304 cm³/mol. The molecule has 0 aliphatic heterocycles. The van der Waals surface area contributed by atoms with Gasteiger partial charge in [-0.3, -0.25) is 19.0 Å². The molecule has 464 valence electrons. The van der Waals surface area contributed by atoms with E-state index in [4.69, 9.17) is 64.1 Å². The number of esters is 2. The number of hydrogen-bond acceptors (Lipinski definition) is 18. The molecule has 5 rings (SSSR count). The molecule has 0 heterocycles. The third kappa shape index (κ3) is 68.0. The van der Waals surface area contributed by atoms with E-state index in [1.165, 1.54) is 79.9 Å². The summed E-state index contributed by atoms with van der Waals surface area (Å²) >= 11 is 1.93. The molecule has 5 N–H and O–H groups in total. The number of aromatic hydroxyl groups is 2. The first-order chi connectivity index (χ1) is 39.4. The van der Waals surface area contributed by atoms with Gasteiger partial charge >= 0.3 is 242 Å². The molecule has 0 aromatic heterocycles. The van der Waals surface area contributed by atoms with Gasteiger partial charge in [0.2, 0.25) is 9.23 Å². The minimum Gasteiger partial charge on any atom is -1.00 e. The maximum atomic E-state index is 12.0. The second-order valence-electron chi connectivity index (χ2n) is 13.5. The van der Waals surface area contributed by atoms with Crippen LogP contribution < -0.4 is 230 Å². The van der Waals surface area contributed by atoms with Crippen LogP contribution in [-0.2, 0) is 42.9 Å². The summed E-state index contributed by atoms with van der Waals surface area (Å²) in [7, 11) is 10.2. The van der Waals surface area contributed by atoms with Gasteiger partial charge in [0.15, 0.2) is 0 Å². The number of alkyl halides is 4. The summed E-state index contributed by atoms with van der Waals surface area (Å²) in [6.45, 7) is -0.260. The van der Waals surface area contributed by atoms with Crippen molar-refractivity contribution in [3.63, 3.8) is 0 Å². The first kappa shape index (κ1) is 105. The van der Waals surface area contributed by atoms with Crippen LogP contribution in [0.4, 0.5) is 27.0 Å². The topological polar surface area (TPSA) is 339 Å². The summed E-state index contributed by atoms with van der Waals surface area (Å²) in [5.74, 6) is 9.36. The molecule has 0 bridgehead atoms. The Balaban J connectivity index is -0.0000000940. The van der Waals surface area contributed by atoms with Gasteiger partial charge in [-0.25, -0.2) is 28.2 Å². The fourth-order valence-electron chi connectivity index (χ4n) is 4.42. The van der Waals surface area contributed by atoms with Crippen LogP contribution in [0, 0.1) is 35.8 Å². The van der Waals surface area contributed by atoms with Crippen molar-refractivity contribution in [1.29, 1.82) is 0 Å². The number of halogens is 9. The van der Waals surface area contributed by atoms with E-state index in [9.17, 15) is 41.5 Å². The number of aliphatic carboxylic acids is 2. The van der Waals surface area contributed by atoms with Crippen LogP contribution in [0.5, 0.6) is 28.7 Å². The number of phenolic OH excluding ortho intramolecular Hbond substituents is 2. The van der Waals surface area contributed by atoms with Crippen molar-refractivity contribution in [1.82, 2.24) is 0 Å². The molecule has 21 nitrogen and oxygen atoms in total. The number of carbonyl (C=O) groups excluding carboxylic acids is 4. The molecule has 5 aromatic carbocycles. The van der Waals surface area contributed by atoms with Crippen molar-refractivity contribution in [2.75, 3.05) is 25.3 Å². The van der Waals surface area contributed by atoms with Gasteiger partial charge in [-0.05, 0) is 149 Å². The fraction of sp³-hybridized carbons (Fsp3) is 0.130. The van der Waals surface area contributed by atoms with Gasteiger partial charge in [0.25, 0.3) is 12.9 Å². The van der Waals surface area contributed by atoms with E-state index in [0.29, 0.717) is 38.4 Å². The molecule has 0 aliphatic rings. The molecular formula is C54H49Cl2F6IK4O21S. The standard InChI is InChI=1S/C17H14O5.C14H7FO3.C9H8O3.C8H8O3.C4H6F3I.2CH2O3.Cl2OS.2FH.4K.2H/c1-21-14-9-5-13(6-10-14)17(20)22-15-7-2-12(3-8-15)4-11-16(18)19;15-10-4-2-1-3-5-11-18-13-8-6-12(7-9-13)14(16)17;10-8-4-1-7(2-5-8)3-6-9(11)12;1-11-8(10)6-2-4-7(9)5-3-6;5-4(6,7)2-1-3-8;2*2-1-4-3;1-4(2)3;;;;;;;;/h2-11H,1H3,(H,18,19);6-9H,11H2,(H,16,17);1-6,10H,(H,11,12);2-5,9H,1H3;1-3H2;2*1,3H;;2*1H;;;;;;/q;;;;;;;;;;4*+1;2*-1/p-2. The molecule has 0 amide bonds. The zero-order valence-corrected chi connectivity index (χ0v) is 64.5. The first-order valence-corrected chi connectivity index (χ1v) is 26.0. The number of carboxylic acids is 3. The van der Waals surface area contributed by atoms with E-state index in [1.54, 1.807) is 67.8 Å². The van der Waals surface area contributed by atoms with Crippen molar-refractivity contribution >= 4 is 108 Å². The third-order valence-electron chi connectivity index (χ3n) is 7.84. The molecule has 0 aliphatic carbocycles. The van der Waals surface area contributed by atoms with E-state index < -0.39 is 51.7 Å². The summed E-state index contributed by atoms with van der Waals surface area (Å²) in [5, 5.41) is 60.1. The number of ether oxygens (including phenoxy) is 4. The van der Waals surface area contributed by atoms with E-state index in [1.807, 2.05) is 28.5 Å². The normalized spacial score (nSPS) is 8.58. The van der Waals surface area contributed by atoms with Crippen molar-refractivity contribution in [2.24, 2.45) is 0 Å². The van der Waals surface area contributed by atoms with Crippen molar-refractivity contribution in [3.8, 4) is 64.5 Å². The molecular weight excluding hydrogens is 1480 g/mol. The minimum absolute atomic E-state index is 0. The average molecular weight is 1530 g/mol. The van der Waals surface area contributed by atoms with Crippen LogP contribution in [0.2, 0.25) is 0 Å². The molecule has 0 saturated carbocycles. The molecule has 0 radical (unpaired) electrons. The molecule has 0 fully saturated rings. The zero-order chi connectivity index (χ0) is 63.4. The van der Waals surface area contributed by atoms with Crippen LogP contribution in [0.3, 0.4) is 0 Å². The van der Waals surface area contributed by atoms with Crippen LogP contribution >= 0.6 is 44.0 Å². The van der Waals surface area contributed by atoms with Gasteiger partial charge < -0.3 is 67.6 Å². The molecule has 0 atom stereocenters. The fourth-order valence-corrected chi connectivity index (χ4v) is 4.80. The van der Waals surface area contributed by atoms with E-state index in [-0.39, 0.29) is 261 Å². The van der Waals surface area contributed by atoms with E-state index in [2.05, 4.69) is 59.6 Å². The van der Waals surface area contributed by atoms with E-state index >= 15 is 0 Å². The maximum absolute atomic E-state index is 12.0. The van der Waals surface area contributed by atoms with Gasteiger partial charge in [0, 0.05) is 51.8 Å². The second-order valence-corrected chi connectivity index (χ2v) is 17.1. The van der Waals surface area contributed by atoms with Crippen LogP contribution in [0.15, 0.2) is 133 Å². The summed E-state index contributed by atoms with van der Waals surface area (Å²) < 4.78 is 74.6. The average Bonchev–Trinajstić information content (AvgIpc) is 3.11. The molecule has 0 spiro atoms. The van der Waals surface area contributed by atoms with Gasteiger partial charge in [-0.15, -0.1) is 4.39 Å². The van der Waals surface area contributed by atoms with Crippen molar-refractivity contribution < 1.29 is 338 Å². The van der Waals surface area contributed by atoms with Crippen LogP contribution in [0.25, 0.3) is 12.2 Å². The Morgan fingerprint density at radius 2 is 0.978 bits per heavy atom. The van der Waals surface area contributed by atoms with Crippen LogP contribution in [-0.4, -0.2) is 104 Å². The molecule has 5 aromatic rings. The summed E-state index contributed by atoms with van der Waals surface area (Å²) in [6, 6.07) is 31.2.